The van der Waals surface area contributed by atoms with Gasteiger partial charge in [-0.3, -0.25) is 14.7 Å². The highest BCUT2D eigenvalue weighted by molar-refractivity contribution is 5.83. The average molecular weight is 414 g/mol. The second kappa shape index (κ2) is 8.07. The highest BCUT2D eigenvalue weighted by Crippen LogP contribution is 2.41. The number of carbonyl (C=O) groups is 1. The first-order valence-corrected chi connectivity index (χ1v) is 9.83. The van der Waals surface area contributed by atoms with Crippen LogP contribution >= 0.6 is 0 Å². The van der Waals surface area contributed by atoms with E-state index in [-0.39, 0.29) is 12.1 Å². The van der Waals surface area contributed by atoms with Crippen LogP contribution in [0.3, 0.4) is 0 Å². The molecule has 1 aliphatic heterocycles. The Bertz CT molecular complexity index is 1060. The number of likely N-dealkylation sites (tertiary alicyclic amines) is 1. The van der Waals surface area contributed by atoms with Gasteiger partial charge in [-0.25, -0.2) is 0 Å². The van der Waals surface area contributed by atoms with Crippen molar-refractivity contribution >= 4 is 16.9 Å². The van der Waals surface area contributed by atoms with E-state index in [1.807, 2.05) is 29.2 Å². The van der Waals surface area contributed by atoms with Gasteiger partial charge in [0.2, 0.25) is 0 Å². The number of benzene rings is 2. The number of piperidine rings is 1. The predicted molar refractivity (Wildman–Crippen MR) is 107 cm³/mol. The summed E-state index contributed by atoms with van der Waals surface area (Å²) in [7, 11) is 0. The fourth-order valence-corrected chi connectivity index (χ4v) is 4.35. The zero-order chi connectivity index (χ0) is 21.3. The minimum Gasteiger partial charge on any atom is -0.481 e. The fourth-order valence-electron chi connectivity index (χ4n) is 4.35. The van der Waals surface area contributed by atoms with Crippen molar-refractivity contribution in [2.45, 2.75) is 25.1 Å². The van der Waals surface area contributed by atoms with Crippen molar-refractivity contribution in [1.29, 1.82) is 0 Å². The molecule has 4 rings (SSSR count). The summed E-state index contributed by atoms with van der Waals surface area (Å²) in [5.74, 6) is -1.52. The predicted octanol–water partition coefficient (Wildman–Crippen LogP) is 5.14. The number of aromatic nitrogens is 1. The van der Waals surface area contributed by atoms with Gasteiger partial charge in [-0.1, -0.05) is 36.4 Å². The van der Waals surface area contributed by atoms with Crippen molar-refractivity contribution in [3.8, 4) is 0 Å². The molecule has 0 bridgehead atoms. The number of nitrogens with zero attached hydrogens (tertiary/aromatic N) is 2. The molecule has 156 valence electrons. The van der Waals surface area contributed by atoms with Crippen molar-refractivity contribution in [2.24, 2.45) is 5.92 Å². The number of carboxylic acids is 1. The molecule has 0 aliphatic carbocycles. The third-order valence-electron chi connectivity index (χ3n) is 5.71. The maximum Gasteiger partial charge on any atom is 0.416 e. The number of hydrogen-bond donors (Lipinski definition) is 1. The van der Waals surface area contributed by atoms with Crippen LogP contribution in [-0.2, 0) is 11.0 Å². The molecule has 2 unspecified atom stereocenters. The molecular weight excluding hydrogens is 393 g/mol. The van der Waals surface area contributed by atoms with E-state index < -0.39 is 29.7 Å². The molecule has 1 aliphatic rings. The Morgan fingerprint density at radius 1 is 1.07 bits per heavy atom. The molecular formula is C23H21F3N2O2. The Hall–Kier alpha value is -2.93. The van der Waals surface area contributed by atoms with Gasteiger partial charge in [0.1, 0.15) is 0 Å². The molecule has 0 amide bonds. The van der Waals surface area contributed by atoms with E-state index >= 15 is 0 Å². The maximum absolute atomic E-state index is 13.9. The molecule has 0 saturated carbocycles. The normalized spacial score (nSPS) is 19.0. The first-order chi connectivity index (χ1) is 14.4. The number of alkyl halides is 3. The van der Waals surface area contributed by atoms with Crippen LogP contribution < -0.4 is 0 Å². The quantitative estimate of drug-likeness (QED) is 0.642. The van der Waals surface area contributed by atoms with Gasteiger partial charge in [0.05, 0.1) is 23.0 Å². The molecule has 1 N–H and O–H groups in total. The van der Waals surface area contributed by atoms with E-state index in [1.54, 1.807) is 18.3 Å². The summed E-state index contributed by atoms with van der Waals surface area (Å²) in [4.78, 5) is 17.8. The summed E-state index contributed by atoms with van der Waals surface area (Å²) in [5, 5.41) is 10.3. The lowest BCUT2D eigenvalue weighted by atomic mass is 9.88. The minimum atomic E-state index is -4.51. The summed E-state index contributed by atoms with van der Waals surface area (Å²) < 4.78 is 41.7. The van der Waals surface area contributed by atoms with Gasteiger partial charge in [-0.15, -0.1) is 0 Å². The molecule has 1 fully saturated rings. The van der Waals surface area contributed by atoms with Crippen LogP contribution in [-0.4, -0.2) is 34.0 Å². The lowest BCUT2D eigenvalue weighted by Crippen LogP contribution is -2.41. The molecule has 1 saturated heterocycles. The van der Waals surface area contributed by atoms with E-state index in [1.165, 1.54) is 12.1 Å². The molecule has 7 heteroatoms. The Balaban J connectivity index is 1.92. The van der Waals surface area contributed by atoms with E-state index in [0.29, 0.717) is 30.5 Å². The number of fused-ring (bicyclic) bond motifs is 1. The molecule has 1 aromatic heterocycles. The zero-order valence-electron chi connectivity index (χ0n) is 16.1. The van der Waals surface area contributed by atoms with Crippen molar-refractivity contribution in [2.75, 3.05) is 13.1 Å². The monoisotopic (exact) mass is 414 g/mol. The van der Waals surface area contributed by atoms with E-state index in [2.05, 4.69) is 4.98 Å². The topological polar surface area (TPSA) is 53.4 Å². The molecule has 0 radical (unpaired) electrons. The van der Waals surface area contributed by atoms with E-state index in [0.717, 1.165) is 11.5 Å². The van der Waals surface area contributed by atoms with Crippen molar-refractivity contribution in [3.05, 3.63) is 77.5 Å². The first-order valence-electron chi connectivity index (χ1n) is 9.83. The van der Waals surface area contributed by atoms with E-state index in [4.69, 9.17) is 0 Å². The number of hydrogen-bond acceptors (Lipinski definition) is 3. The van der Waals surface area contributed by atoms with Crippen molar-refractivity contribution in [1.82, 2.24) is 9.88 Å². The fraction of sp³-hybridized carbons (Fsp3) is 0.304. The molecule has 2 aromatic carbocycles. The maximum atomic E-state index is 13.9. The Morgan fingerprint density at radius 2 is 1.80 bits per heavy atom. The van der Waals surface area contributed by atoms with Gasteiger partial charge in [0.25, 0.3) is 0 Å². The van der Waals surface area contributed by atoms with Crippen LogP contribution in [0.4, 0.5) is 13.2 Å². The summed E-state index contributed by atoms with van der Waals surface area (Å²) in [5.41, 5.74) is 0.820. The van der Waals surface area contributed by atoms with Crippen LogP contribution in [0.25, 0.3) is 10.9 Å². The van der Waals surface area contributed by atoms with Crippen LogP contribution in [0.15, 0.2) is 60.8 Å². The summed E-state index contributed by atoms with van der Waals surface area (Å²) in [6.07, 6.45) is -1.78. The number of para-hydroxylation sites is 1. The van der Waals surface area contributed by atoms with Crippen LogP contribution in [0.1, 0.15) is 35.6 Å². The number of pyridine rings is 1. The molecule has 3 aromatic rings. The van der Waals surface area contributed by atoms with Gasteiger partial charge in [-0.2, -0.15) is 13.2 Å². The summed E-state index contributed by atoms with van der Waals surface area (Å²) in [6.45, 7) is 0.722. The van der Waals surface area contributed by atoms with Gasteiger partial charge in [-0.05, 0) is 48.7 Å². The Kier molecular flexibility index (Phi) is 5.47. The lowest BCUT2D eigenvalue weighted by molar-refractivity contribution is -0.144. The third kappa shape index (κ3) is 3.89. The smallest absolute Gasteiger partial charge is 0.416 e. The number of carboxylic acid groups (broad SMARTS) is 1. The second-order valence-corrected chi connectivity index (χ2v) is 7.58. The molecule has 2 atom stereocenters. The molecule has 4 nitrogen and oxygen atoms in total. The first kappa shape index (κ1) is 20.3. The second-order valence-electron chi connectivity index (χ2n) is 7.58. The number of halogens is 3. The summed E-state index contributed by atoms with van der Waals surface area (Å²) >= 11 is 0. The van der Waals surface area contributed by atoms with Crippen LogP contribution in [0, 0.1) is 5.92 Å². The SMILES string of the molecule is O=C(O)C1CCCN(C(c2ccccc2C(F)(F)F)c2ccnc3ccccc23)C1. The Labute approximate surface area is 172 Å². The molecule has 30 heavy (non-hydrogen) atoms. The summed E-state index contributed by atoms with van der Waals surface area (Å²) in [6, 6.07) is 13.9. The van der Waals surface area contributed by atoms with Crippen molar-refractivity contribution < 1.29 is 23.1 Å². The lowest BCUT2D eigenvalue weighted by Gasteiger charge is -2.38. The van der Waals surface area contributed by atoms with Gasteiger partial charge in [0.15, 0.2) is 0 Å². The minimum absolute atomic E-state index is 0.132. The molecule has 2 heterocycles. The Morgan fingerprint density at radius 3 is 2.57 bits per heavy atom. The van der Waals surface area contributed by atoms with Gasteiger partial charge >= 0.3 is 12.1 Å². The van der Waals surface area contributed by atoms with Crippen LogP contribution in [0.2, 0.25) is 0 Å². The number of aliphatic carboxylic acids is 1. The van der Waals surface area contributed by atoms with Crippen LogP contribution in [0.5, 0.6) is 0 Å². The number of rotatable bonds is 4. The van der Waals surface area contributed by atoms with Crippen molar-refractivity contribution in [3.63, 3.8) is 0 Å². The standard InChI is InChI=1S/C23H21F3N2O2/c24-23(25,26)19-9-3-1-8-18(19)21(28-13-5-6-15(14-28)22(29)30)17-11-12-27-20-10-4-2-7-16(17)20/h1-4,7-12,15,21H,5-6,13-14H2,(H,29,30). The highest BCUT2D eigenvalue weighted by atomic mass is 19.4. The average Bonchev–Trinajstić information content (AvgIpc) is 2.74. The zero-order valence-corrected chi connectivity index (χ0v) is 16.1. The third-order valence-corrected chi connectivity index (χ3v) is 5.71. The molecule has 0 spiro atoms. The largest absolute Gasteiger partial charge is 0.481 e. The van der Waals surface area contributed by atoms with Gasteiger partial charge in [0, 0.05) is 18.1 Å². The highest BCUT2D eigenvalue weighted by Gasteiger charge is 2.39. The van der Waals surface area contributed by atoms with Gasteiger partial charge < -0.3 is 5.11 Å². The van der Waals surface area contributed by atoms with E-state index in [9.17, 15) is 23.1 Å².